The molecule has 0 unspecified atom stereocenters. The fraction of sp³-hybridized carbons (Fsp3) is 0.143. The summed E-state index contributed by atoms with van der Waals surface area (Å²) in [6.45, 7) is 3.93. The Hall–Kier alpha value is -3.94. The summed E-state index contributed by atoms with van der Waals surface area (Å²) in [5.74, 6) is 1.37. The van der Waals surface area contributed by atoms with Crippen LogP contribution in [0.15, 0.2) is 55.1 Å². The molecule has 0 atom stereocenters. The van der Waals surface area contributed by atoms with Crippen molar-refractivity contribution in [3.8, 4) is 22.5 Å². The maximum absolute atomic E-state index is 4.87. The minimum absolute atomic E-state index is 0.663. The van der Waals surface area contributed by atoms with Crippen LogP contribution in [0.3, 0.4) is 0 Å². The summed E-state index contributed by atoms with van der Waals surface area (Å²) < 4.78 is 3.94. The first-order chi connectivity index (χ1) is 14.1. The van der Waals surface area contributed by atoms with Gasteiger partial charge in [0, 0.05) is 42.2 Å². The van der Waals surface area contributed by atoms with E-state index < -0.39 is 0 Å². The maximum atomic E-state index is 4.87. The van der Waals surface area contributed by atoms with Gasteiger partial charge in [-0.2, -0.15) is 5.10 Å². The highest BCUT2D eigenvalue weighted by molar-refractivity contribution is 5.72. The van der Waals surface area contributed by atoms with E-state index in [2.05, 4.69) is 43.7 Å². The molecule has 144 valence electrons. The normalized spacial score (nSPS) is 11.3. The fourth-order valence-corrected chi connectivity index (χ4v) is 3.42. The van der Waals surface area contributed by atoms with Crippen molar-refractivity contribution in [2.45, 2.75) is 13.8 Å². The third-order valence-electron chi connectivity index (χ3n) is 4.79. The molecule has 0 spiro atoms. The molecule has 29 heavy (non-hydrogen) atoms. The minimum atomic E-state index is 0.663. The Balaban J connectivity index is 1.63. The first kappa shape index (κ1) is 17.2. The summed E-state index contributed by atoms with van der Waals surface area (Å²) in [4.78, 5) is 13.7. The highest BCUT2D eigenvalue weighted by atomic mass is 15.3. The van der Waals surface area contributed by atoms with E-state index in [1.807, 2.05) is 60.5 Å². The predicted molar refractivity (Wildman–Crippen MR) is 112 cm³/mol. The molecule has 5 aromatic rings. The van der Waals surface area contributed by atoms with Crippen molar-refractivity contribution in [1.82, 2.24) is 34.1 Å². The van der Waals surface area contributed by atoms with Crippen molar-refractivity contribution < 1.29 is 0 Å². The van der Waals surface area contributed by atoms with Crippen molar-refractivity contribution in [2.24, 2.45) is 7.05 Å². The van der Waals surface area contributed by atoms with E-state index in [0.717, 1.165) is 39.5 Å². The summed E-state index contributed by atoms with van der Waals surface area (Å²) in [5.41, 5.74) is 6.71. The molecule has 8 heteroatoms. The molecule has 0 bridgehead atoms. The average Bonchev–Trinajstić information content (AvgIpc) is 3.41. The molecular formula is C21H20N8. The Morgan fingerprint density at radius 3 is 2.66 bits per heavy atom. The largest absolute Gasteiger partial charge is 0.334 e. The predicted octanol–water partition coefficient (Wildman–Crippen LogP) is 3.88. The summed E-state index contributed by atoms with van der Waals surface area (Å²) in [6.07, 6.45) is 5.62. The number of nitrogens with zero attached hydrogens (tertiary/aromatic N) is 6. The zero-order chi connectivity index (χ0) is 20.0. The second-order valence-electron chi connectivity index (χ2n) is 7.11. The Labute approximate surface area is 167 Å². The number of H-pyrrole nitrogens is 1. The maximum Gasteiger partial charge on any atom is 0.215 e. The molecule has 4 heterocycles. The van der Waals surface area contributed by atoms with Crippen molar-refractivity contribution >= 4 is 17.4 Å². The Morgan fingerprint density at radius 2 is 1.90 bits per heavy atom. The molecule has 0 aliphatic heterocycles. The number of fused-ring (bicyclic) bond motifs is 1. The van der Waals surface area contributed by atoms with Gasteiger partial charge in [-0.15, -0.1) is 0 Å². The molecule has 0 saturated carbocycles. The van der Waals surface area contributed by atoms with Crippen LogP contribution in [-0.2, 0) is 7.05 Å². The monoisotopic (exact) mass is 384 g/mol. The number of hydrogen-bond donors (Lipinski definition) is 2. The third-order valence-corrected chi connectivity index (χ3v) is 4.79. The van der Waals surface area contributed by atoms with E-state index in [0.29, 0.717) is 11.8 Å². The number of hydrogen-bond acceptors (Lipinski definition) is 5. The standard InChI is InChI=1S/C21H20N8/c1-13-7-19(27-26-13)25-21-24-17(9-20-23-14(2)11-29(20)21)15-5-4-6-16(8-15)18-10-22-12-28(18)3/h4-12H,1-3H3,(H2,24,25,26,27). The minimum Gasteiger partial charge on any atom is -0.334 e. The fourth-order valence-electron chi connectivity index (χ4n) is 3.42. The molecular weight excluding hydrogens is 364 g/mol. The Morgan fingerprint density at radius 1 is 1.03 bits per heavy atom. The van der Waals surface area contributed by atoms with E-state index in [-0.39, 0.29) is 0 Å². The lowest BCUT2D eigenvalue weighted by Crippen LogP contribution is -2.03. The SMILES string of the molecule is Cc1cn2c(Nc3cc(C)[nH]n3)nc(-c3cccc(-c4cncn4C)c3)cc2n1. The number of rotatable bonds is 4. The van der Waals surface area contributed by atoms with Crippen LogP contribution < -0.4 is 5.32 Å². The zero-order valence-electron chi connectivity index (χ0n) is 16.4. The molecule has 0 saturated heterocycles. The van der Waals surface area contributed by atoms with Crippen molar-refractivity contribution in [1.29, 1.82) is 0 Å². The molecule has 0 amide bonds. The van der Waals surface area contributed by atoms with Gasteiger partial charge in [-0.05, 0) is 19.9 Å². The third kappa shape index (κ3) is 3.14. The molecule has 1 aromatic carbocycles. The topological polar surface area (TPSA) is 88.7 Å². The smallest absolute Gasteiger partial charge is 0.215 e. The molecule has 0 fully saturated rings. The number of benzene rings is 1. The van der Waals surface area contributed by atoms with Gasteiger partial charge in [0.1, 0.15) is 5.65 Å². The highest BCUT2D eigenvalue weighted by Crippen LogP contribution is 2.27. The van der Waals surface area contributed by atoms with Gasteiger partial charge in [-0.3, -0.25) is 9.50 Å². The number of imidazole rings is 2. The van der Waals surface area contributed by atoms with E-state index in [1.54, 1.807) is 6.33 Å². The number of aryl methyl sites for hydroxylation is 3. The van der Waals surface area contributed by atoms with Gasteiger partial charge >= 0.3 is 0 Å². The van der Waals surface area contributed by atoms with Gasteiger partial charge < -0.3 is 9.88 Å². The van der Waals surface area contributed by atoms with Gasteiger partial charge in [0.05, 0.1) is 29.6 Å². The van der Waals surface area contributed by atoms with Crippen LogP contribution in [0.1, 0.15) is 11.4 Å². The van der Waals surface area contributed by atoms with E-state index in [9.17, 15) is 0 Å². The summed E-state index contributed by atoms with van der Waals surface area (Å²) >= 11 is 0. The van der Waals surface area contributed by atoms with Gasteiger partial charge in [0.15, 0.2) is 5.82 Å². The quantitative estimate of drug-likeness (QED) is 0.491. The van der Waals surface area contributed by atoms with Crippen molar-refractivity contribution in [3.05, 3.63) is 66.5 Å². The molecule has 4 aromatic heterocycles. The molecule has 5 rings (SSSR count). The van der Waals surface area contributed by atoms with Crippen LogP contribution in [0.5, 0.6) is 0 Å². The summed E-state index contributed by atoms with van der Waals surface area (Å²) in [5, 5.41) is 10.5. The number of nitrogens with one attached hydrogen (secondary N) is 2. The van der Waals surface area contributed by atoms with Gasteiger partial charge in [0.2, 0.25) is 5.95 Å². The molecule has 8 nitrogen and oxygen atoms in total. The van der Waals surface area contributed by atoms with Gasteiger partial charge in [-0.1, -0.05) is 18.2 Å². The van der Waals surface area contributed by atoms with E-state index in [1.165, 1.54) is 0 Å². The Bertz CT molecular complexity index is 1320. The van der Waals surface area contributed by atoms with Crippen LogP contribution in [0.25, 0.3) is 28.2 Å². The van der Waals surface area contributed by atoms with E-state index >= 15 is 0 Å². The van der Waals surface area contributed by atoms with Crippen LogP contribution in [0.2, 0.25) is 0 Å². The first-order valence-electron chi connectivity index (χ1n) is 9.30. The van der Waals surface area contributed by atoms with Gasteiger partial charge in [0.25, 0.3) is 0 Å². The molecule has 2 N–H and O–H groups in total. The number of aromatic nitrogens is 7. The van der Waals surface area contributed by atoms with E-state index in [4.69, 9.17) is 4.98 Å². The lowest BCUT2D eigenvalue weighted by Gasteiger charge is -2.10. The highest BCUT2D eigenvalue weighted by Gasteiger charge is 2.12. The second kappa shape index (κ2) is 6.59. The summed E-state index contributed by atoms with van der Waals surface area (Å²) in [6, 6.07) is 12.2. The van der Waals surface area contributed by atoms with Crippen molar-refractivity contribution in [3.63, 3.8) is 0 Å². The van der Waals surface area contributed by atoms with Crippen LogP contribution in [-0.4, -0.2) is 34.1 Å². The van der Waals surface area contributed by atoms with Crippen LogP contribution >= 0.6 is 0 Å². The van der Waals surface area contributed by atoms with Crippen molar-refractivity contribution in [2.75, 3.05) is 5.32 Å². The molecule has 0 aliphatic carbocycles. The first-order valence-corrected chi connectivity index (χ1v) is 9.30. The Kier molecular flexibility index (Phi) is 3.90. The molecule has 0 radical (unpaired) electrons. The second-order valence-corrected chi connectivity index (χ2v) is 7.11. The van der Waals surface area contributed by atoms with Gasteiger partial charge in [-0.25, -0.2) is 15.0 Å². The lowest BCUT2D eigenvalue weighted by atomic mass is 10.1. The van der Waals surface area contributed by atoms with Crippen LogP contribution in [0.4, 0.5) is 11.8 Å². The average molecular weight is 384 g/mol. The van der Waals surface area contributed by atoms with Crippen LogP contribution in [0, 0.1) is 13.8 Å². The zero-order valence-corrected chi connectivity index (χ0v) is 16.4. The summed E-state index contributed by atoms with van der Waals surface area (Å²) in [7, 11) is 1.99. The lowest BCUT2D eigenvalue weighted by molar-refractivity contribution is 0.921. The molecule has 0 aliphatic rings. The number of aromatic amines is 1. The number of anilines is 2.